The molecule has 0 radical (unpaired) electrons. The van der Waals surface area contributed by atoms with Gasteiger partial charge in [-0.05, 0) is 61.1 Å². The summed E-state index contributed by atoms with van der Waals surface area (Å²) in [6.07, 6.45) is 13.1. The molecule has 1 heterocycles. The molecule has 0 unspecified atom stereocenters. The lowest BCUT2D eigenvalue weighted by molar-refractivity contribution is 0.667. The SMILES string of the molecule is CC.CCCCCCc1ccc2[nH]c3ccc(CCCCCC)cc3c2c1. The molecule has 0 saturated carbocycles. The second-order valence-corrected chi connectivity index (χ2v) is 7.51. The van der Waals surface area contributed by atoms with E-state index in [1.165, 1.54) is 97.1 Å². The number of rotatable bonds is 10. The van der Waals surface area contributed by atoms with Crippen LogP contribution in [-0.4, -0.2) is 4.98 Å². The highest BCUT2D eigenvalue weighted by atomic mass is 14.7. The van der Waals surface area contributed by atoms with E-state index in [4.69, 9.17) is 0 Å². The van der Waals surface area contributed by atoms with Gasteiger partial charge in [0.05, 0.1) is 0 Å². The Morgan fingerprint density at radius 2 is 1.04 bits per heavy atom. The number of H-pyrrole nitrogens is 1. The second-order valence-electron chi connectivity index (χ2n) is 7.51. The highest BCUT2D eigenvalue weighted by molar-refractivity contribution is 6.07. The van der Waals surface area contributed by atoms with E-state index in [0.29, 0.717) is 0 Å². The zero-order valence-corrected chi connectivity index (χ0v) is 18.0. The van der Waals surface area contributed by atoms with Crippen molar-refractivity contribution in [1.29, 1.82) is 0 Å². The van der Waals surface area contributed by atoms with Gasteiger partial charge >= 0.3 is 0 Å². The molecule has 1 N–H and O–H groups in total. The van der Waals surface area contributed by atoms with Crippen LogP contribution in [0.5, 0.6) is 0 Å². The van der Waals surface area contributed by atoms with Gasteiger partial charge in [0, 0.05) is 21.8 Å². The maximum Gasteiger partial charge on any atom is 0.0465 e. The van der Waals surface area contributed by atoms with Crippen molar-refractivity contribution in [2.24, 2.45) is 0 Å². The van der Waals surface area contributed by atoms with E-state index in [9.17, 15) is 0 Å². The van der Waals surface area contributed by atoms with Crippen LogP contribution in [0.4, 0.5) is 0 Å². The summed E-state index contributed by atoms with van der Waals surface area (Å²) in [4.78, 5) is 3.59. The van der Waals surface area contributed by atoms with E-state index in [0.717, 1.165) is 0 Å². The number of benzene rings is 2. The molecule has 0 fully saturated rings. The van der Waals surface area contributed by atoms with Crippen molar-refractivity contribution in [1.82, 2.24) is 4.98 Å². The third kappa shape index (κ3) is 6.13. The summed E-state index contributed by atoms with van der Waals surface area (Å²) >= 11 is 0. The molecular weight excluding hydrogens is 326 g/mol. The average molecular weight is 366 g/mol. The van der Waals surface area contributed by atoms with E-state index >= 15 is 0 Å². The predicted molar refractivity (Wildman–Crippen MR) is 123 cm³/mol. The minimum absolute atomic E-state index is 1.21. The van der Waals surface area contributed by atoms with Gasteiger partial charge in [-0.15, -0.1) is 0 Å². The minimum Gasteiger partial charge on any atom is -0.355 e. The number of hydrogen-bond donors (Lipinski definition) is 1. The molecule has 148 valence electrons. The van der Waals surface area contributed by atoms with Crippen LogP contribution in [0.3, 0.4) is 0 Å². The first-order valence-corrected chi connectivity index (χ1v) is 11.3. The van der Waals surface area contributed by atoms with Gasteiger partial charge in [-0.3, -0.25) is 0 Å². The van der Waals surface area contributed by atoms with Crippen LogP contribution >= 0.6 is 0 Å². The van der Waals surface area contributed by atoms with E-state index in [1.54, 1.807) is 0 Å². The van der Waals surface area contributed by atoms with Crippen molar-refractivity contribution < 1.29 is 0 Å². The van der Waals surface area contributed by atoms with Crippen molar-refractivity contribution in [3.05, 3.63) is 47.5 Å². The van der Waals surface area contributed by atoms with E-state index in [1.807, 2.05) is 13.8 Å². The lowest BCUT2D eigenvalue weighted by Gasteiger charge is -2.03. The van der Waals surface area contributed by atoms with Crippen molar-refractivity contribution in [2.45, 2.75) is 91.9 Å². The van der Waals surface area contributed by atoms with E-state index < -0.39 is 0 Å². The van der Waals surface area contributed by atoms with Gasteiger partial charge in [0.25, 0.3) is 0 Å². The molecule has 0 aliphatic carbocycles. The van der Waals surface area contributed by atoms with Crippen LogP contribution < -0.4 is 0 Å². The summed E-state index contributed by atoms with van der Waals surface area (Å²) in [6, 6.07) is 14.0. The largest absolute Gasteiger partial charge is 0.355 e. The zero-order valence-electron chi connectivity index (χ0n) is 18.0. The Hall–Kier alpha value is -1.76. The Balaban J connectivity index is 0.00000126. The van der Waals surface area contributed by atoms with Gasteiger partial charge in [-0.2, -0.15) is 0 Å². The molecule has 0 bridgehead atoms. The molecule has 3 aromatic rings. The minimum atomic E-state index is 1.21. The van der Waals surface area contributed by atoms with Gasteiger partial charge in [0.15, 0.2) is 0 Å². The average Bonchev–Trinajstić information content (AvgIpc) is 3.07. The number of aromatic nitrogens is 1. The van der Waals surface area contributed by atoms with Crippen LogP contribution in [0, 0.1) is 0 Å². The number of unbranched alkanes of at least 4 members (excludes halogenated alkanes) is 6. The van der Waals surface area contributed by atoms with E-state index in [-0.39, 0.29) is 0 Å². The molecule has 3 rings (SSSR count). The third-order valence-corrected chi connectivity index (χ3v) is 5.37. The second kappa shape index (κ2) is 11.8. The lowest BCUT2D eigenvalue weighted by Crippen LogP contribution is -1.86. The molecule has 1 nitrogen and oxygen atoms in total. The smallest absolute Gasteiger partial charge is 0.0465 e. The van der Waals surface area contributed by atoms with Crippen LogP contribution in [-0.2, 0) is 12.8 Å². The van der Waals surface area contributed by atoms with Gasteiger partial charge < -0.3 is 4.98 Å². The van der Waals surface area contributed by atoms with Crippen LogP contribution in [0.1, 0.15) is 90.2 Å². The Labute approximate surface area is 166 Å². The van der Waals surface area contributed by atoms with Crippen molar-refractivity contribution in [2.75, 3.05) is 0 Å². The summed E-state index contributed by atoms with van der Waals surface area (Å²) in [6.45, 7) is 8.55. The summed E-state index contributed by atoms with van der Waals surface area (Å²) in [5, 5.41) is 2.80. The lowest BCUT2D eigenvalue weighted by atomic mass is 10.0. The van der Waals surface area contributed by atoms with E-state index in [2.05, 4.69) is 55.2 Å². The van der Waals surface area contributed by atoms with Crippen LogP contribution in [0.2, 0.25) is 0 Å². The van der Waals surface area contributed by atoms with Crippen molar-refractivity contribution in [3.63, 3.8) is 0 Å². The maximum atomic E-state index is 3.59. The molecule has 0 atom stereocenters. The Bertz CT molecular complexity index is 730. The first kappa shape index (κ1) is 21.5. The molecule has 0 amide bonds. The fourth-order valence-electron chi connectivity index (χ4n) is 3.81. The van der Waals surface area contributed by atoms with Crippen LogP contribution in [0.25, 0.3) is 21.8 Å². The zero-order chi connectivity index (χ0) is 19.5. The molecule has 2 aromatic carbocycles. The van der Waals surface area contributed by atoms with Gasteiger partial charge in [-0.1, -0.05) is 78.4 Å². The fourth-order valence-corrected chi connectivity index (χ4v) is 3.81. The van der Waals surface area contributed by atoms with Gasteiger partial charge in [0.2, 0.25) is 0 Å². The number of hydrogen-bond acceptors (Lipinski definition) is 0. The molecular formula is C26H39N. The monoisotopic (exact) mass is 365 g/mol. The molecule has 27 heavy (non-hydrogen) atoms. The van der Waals surface area contributed by atoms with Crippen molar-refractivity contribution in [3.8, 4) is 0 Å². The summed E-state index contributed by atoms with van der Waals surface area (Å²) < 4.78 is 0. The number of aryl methyl sites for hydroxylation is 2. The fraction of sp³-hybridized carbons (Fsp3) is 0.538. The Kier molecular flexibility index (Phi) is 9.45. The number of fused-ring (bicyclic) bond motifs is 3. The number of aromatic amines is 1. The molecule has 0 saturated heterocycles. The summed E-state index contributed by atoms with van der Waals surface area (Å²) in [5.74, 6) is 0. The van der Waals surface area contributed by atoms with Crippen LogP contribution in [0.15, 0.2) is 36.4 Å². The van der Waals surface area contributed by atoms with Gasteiger partial charge in [-0.25, -0.2) is 0 Å². The van der Waals surface area contributed by atoms with Gasteiger partial charge in [0.1, 0.15) is 0 Å². The highest BCUT2D eigenvalue weighted by Crippen LogP contribution is 2.28. The predicted octanol–water partition coefficient (Wildman–Crippen LogP) is 8.59. The summed E-state index contributed by atoms with van der Waals surface area (Å²) in [5.41, 5.74) is 5.52. The Morgan fingerprint density at radius 3 is 1.44 bits per heavy atom. The molecule has 0 spiro atoms. The topological polar surface area (TPSA) is 15.8 Å². The third-order valence-electron chi connectivity index (χ3n) is 5.37. The number of nitrogens with one attached hydrogen (secondary N) is 1. The Morgan fingerprint density at radius 1 is 0.593 bits per heavy atom. The molecule has 1 heteroatoms. The first-order chi connectivity index (χ1) is 13.3. The first-order valence-electron chi connectivity index (χ1n) is 11.3. The summed E-state index contributed by atoms with van der Waals surface area (Å²) in [7, 11) is 0. The van der Waals surface area contributed by atoms with Crippen molar-refractivity contribution >= 4 is 21.8 Å². The highest BCUT2D eigenvalue weighted by Gasteiger charge is 2.06. The molecule has 1 aromatic heterocycles. The normalized spacial score (nSPS) is 11.0. The quantitative estimate of drug-likeness (QED) is 0.346. The molecule has 0 aliphatic heterocycles. The molecule has 0 aliphatic rings. The maximum absolute atomic E-state index is 3.59. The standard InChI is InChI=1S/C24H33N.C2H6/c1-3-5-7-9-11-19-13-15-23-21(17-19)22-18-20(12-10-8-6-4-2)14-16-24(22)25-23;1-2/h13-18,25H,3-12H2,1-2H3;1-2H3.